The van der Waals surface area contributed by atoms with Gasteiger partial charge >= 0.3 is 0 Å². The van der Waals surface area contributed by atoms with E-state index in [0.29, 0.717) is 0 Å². The summed E-state index contributed by atoms with van der Waals surface area (Å²) >= 11 is 0. The lowest BCUT2D eigenvalue weighted by Crippen LogP contribution is -2.25. The predicted octanol–water partition coefficient (Wildman–Crippen LogP) is 7.36. The van der Waals surface area contributed by atoms with E-state index in [-0.39, 0.29) is 16.6 Å². The summed E-state index contributed by atoms with van der Waals surface area (Å²) in [4.78, 5) is 13.0. The van der Waals surface area contributed by atoms with E-state index in [1.807, 2.05) is 24.3 Å². The summed E-state index contributed by atoms with van der Waals surface area (Å²) in [5.74, 6) is 0.140. The fourth-order valence-corrected chi connectivity index (χ4v) is 5.46. The maximum atomic E-state index is 13.0. The van der Waals surface area contributed by atoms with Gasteiger partial charge in [-0.05, 0) is 47.6 Å². The highest BCUT2D eigenvalue weighted by molar-refractivity contribution is 6.09. The van der Waals surface area contributed by atoms with Crippen molar-refractivity contribution in [2.45, 2.75) is 88.9 Å². The van der Waals surface area contributed by atoms with E-state index in [0.717, 1.165) is 11.1 Å². The number of ketones is 1. The van der Waals surface area contributed by atoms with Crippen LogP contribution in [0.5, 0.6) is 0 Å². The van der Waals surface area contributed by atoms with Gasteiger partial charge in [-0.3, -0.25) is 4.79 Å². The van der Waals surface area contributed by atoms with Gasteiger partial charge in [0.15, 0.2) is 5.78 Å². The van der Waals surface area contributed by atoms with Crippen molar-refractivity contribution in [1.82, 2.24) is 0 Å². The van der Waals surface area contributed by atoms with E-state index in [9.17, 15) is 4.79 Å². The second-order valence-corrected chi connectivity index (χ2v) is 9.73. The number of rotatable bonds is 4. The van der Waals surface area contributed by atoms with Crippen LogP contribution in [-0.2, 0) is 10.8 Å². The Morgan fingerprint density at radius 3 is 1.21 bits per heavy atom. The van der Waals surface area contributed by atoms with Gasteiger partial charge < -0.3 is 0 Å². The number of hydrogen-bond donors (Lipinski definition) is 0. The van der Waals surface area contributed by atoms with Gasteiger partial charge in [0, 0.05) is 11.1 Å². The van der Waals surface area contributed by atoms with E-state index in [2.05, 4.69) is 38.1 Å². The van der Waals surface area contributed by atoms with Crippen LogP contribution in [0.1, 0.15) is 105 Å². The van der Waals surface area contributed by atoms with Crippen molar-refractivity contribution in [3.05, 3.63) is 70.8 Å². The molecular formula is C27H34O. The third kappa shape index (κ3) is 3.81. The van der Waals surface area contributed by atoms with Crippen LogP contribution in [0.3, 0.4) is 0 Å². The largest absolute Gasteiger partial charge is 0.289 e. The number of benzene rings is 2. The number of hydrogen-bond acceptors (Lipinski definition) is 1. The molecule has 2 aliphatic carbocycles. The van der Waals surface area contributed by atoms with Crippen LogP contribution in [0.4, 0.5) is 0 Å². The molecule has 0 saturated heterocycles. The summed E-state index contributed by atoms with van der Waals surface area (Å²) in [6.07, 6.45) is 13.1. The SMILES string of the molecule is CC1(c2ccc(C(=O)c3ccc(C4(C)CCCCC4)cc3)cc2)CCCCC1. The molecule has 148 valence electrons. The molecule has 0 aromatic heterocycles. The fraction of sp³-hybridized carbons (Fsp3) is 0.519. The van der Waals surface area contributed by atoms with Crippen molar-refractivity contribution in [1.29, 1.82) is 0 Å². The zero-order valence-corrected chi connectivity index (χ0v) is 17.6. The third-order valence-electron chi connectivity index (χ3n) is 7.60. The summed E-state index contributed by atoms with van der Waals surface area (Å²) < 4.78 is 0. The highest BCUT2D eigenvalue weighted by atomic mass is 16.1. The number of carbonyl (C=O) groups excluding carboxylic acids is 1. The first-order valence-corrected chi connectivity index (χ1v) is 11.3. The Morgan fingerprint density at radius 2 is 0.893 bits per heavy atom. The van der Waals surface area contributed by atoms with Crippen molar-refractivity contribution in [2.75, 3.05) is 0 Å². The Hall–Kier alpha value is -1.89. The first kappa shape index (κ1) is 19.4. The molecule has 28 heavy (non-hydrogen) atoms. The molecule has 4 rings (SSSR count). The lowest BCUT2D eigenvalue weighted by atomic mass is 9.70. The van der Waals surface area contributed by atoms with Crippen molar-refractivity contribution in [3.8, 4) is 0 Å². The molecule has 0 atom stereocenters. The molecule has 2 aliphatic rings. The van der Waals surface area contributed by atoms with Crippen LogP contribution >= 0.6 is 0 Å². The van der Waals surface area contributed by atoms with E-state index in [1.165, 1.54) is 75.3 Å². The van der Waals surface area contributed by atoms with Gasteiger partial charge in [0.1, 0.15) is 0 Å². The molecule has 0 bridgehead atoms. The Morgan fingerprint density at radius 1 is 0.571 bits per heavy atom. The number of carbonyl (C=O) groups is 1. The van der Waals surface area contributed by atoms with Crippen LogP contribution in [0.25, 0.3) is 0 Å². The zero-order chi connectivity index (χ0) is 19.6. The van der Waals surface area contributed by atoms with E-state index in [4.69, 9.17) is 0 Å². The molecule has 0 spiro atoms. The Kier molecular flexibility index (Phi) is 5.45. The van der Waals surface area contributed by atoms with Crippen LogP contribution in [0.2, 0.25) is 0 Å². The van der Waals surface area contributed by atoms with Gasteiger partial charge in [-0.25, -0.2) is 0 Å². The lowest BCUT2D eigenvalue weighted by Gasteiger charge is -2.34. The second-order valence-electron chi connectivity index (χ2n) is 9.73. The molecule has 0 aliphatic heterocycles. The summed E-state index contributed by atoms with van der Waals surface area (Å²) in [6.45, 7) is 4.76. The Balaban J connectivity index is 1.50. The van der Waals surface area contributed by atoms with Gasteiger partial charge in [0.2, 0.25) is 0 Å². The Bertz CT molecular complexity index is 731. The average Bonchev–Trinajstić information content (AvgIpc) is 2.74. The molecule has 0 amide bonds. The topological polar surface area (TPSA) is 17.1 Å². The maximum Gasteiger partial charge on any atom is 0.193 e. The summed E-state index contributed by atoms with van der Waals surface area (Å²) in [6, 6.07) is 16.9. The minimum Gasteiger partial charge on any atom is -0.289 e. The molecule has 2 aromatic carbocycles. The summed E-state index contributed by atoms with van der Waals surface area (Å²) in [5.41, 5.74) is 4.97. The third-order valence-corrected chi connectivity index (χ3v) is 7.60. The van der Waals surface area contributed by atoms with Gasteiger partial charge in [-0.15, -0.1) is 0 Å². The molecule has 0 unspecified atom stereocenters. The highest BCUT2D eigenvalue weighted by Gasteiger charge is 2.30. The molecule has 0 N–H and O–H groups in total. The molecule has 1 heteroatoms. The maximum absolute atomic E-state index is 13.0. The smallest absolute Gasteiger partial charge is 0.193 e. The first-order chi connectivity index (χ1) is 13.5. The molecule has 2 saturated carbocycles. The molecule has 0 heterocycles. The van der Waals surface area contributed by atoms with Crippen molar-refractivity contribution in [3.63, 3.8) is 0 Å². The van der Waals surface area contributed by atoms with Crippen LogP contribution in [-0.4, -0.2) is 5.78 Å². The van der Waals surface area contributed by atoms with Crippen molar-refractivity contribution >= 4 is 5.78 Å². The molecule has 2 fully saturated rings. The van der Waals surface area contributed by atoms with Crippen LogP contribution < -0.4 is 0 Å². The fourth-order valence-electron chi connectivity index (χ4n) is 5.46. The average molecular weight is 375 g/mol. The van der Waals surface area contributed by atoms with E-state index < -0.39 is 0 Å². The van der Waals surface area contributed by atoms with Crippen molar-refractivity contribution < 1.29 is 4.79 Å². The Labute approximate surface area is 170 Å². The normalized spacial score (nSPS) is 21.2. The van der Waals surface area contributed by atoms with Gasteiger partial charge in [0.25, 0.3) is 0 Å². The standard InChI is InChI=1S/C27H34O/c1-26(17-5-3-6-18-26)23-13-9-21(10-14-23)25(28)22-11-15-24(16-12-22)27(2)19-7-4-8-20-27/h9-16H,3-8,17-20H2,1-2H3. The minimum atomic E-state index is 0.140. The molecule has 2 aromatic rings. The van der Waals surface area contributed by atoms with Crippen molar-refractivity contribution in [2.24, 2.45) is 0 Å². The first-order valence-electron chi connectivity index (χ1n) is 11.3. The van der Waals surface area contributed by atoms with Gasteiger partial charge in [-0.2, -0.15) is 0 Å². The summed E-state index contributed by atoms with van der Waals surface area (Å²) in [5, 5.41) is 0. The zero-order valence-electron chi connectivity index (χ0n) is 17.6. The molecular weight excluding hydrogens is 340 g/mol. The lowest BCUT2D eigenvalue weighted by molar-refractivity contribution is 0.103. The monoisotopic (exact) mass is 374 g/mol. The van der Waals surface area contributed by atoms with Gasteiger partial charge in [-0.1, -0.05) is 101 Å². The van der Waals surface area contributed by atoms with E-state index in [1.54, 1.807) is 0 Å². The highest BCUT2D eigenvalue weighted by Crippen LogP contribution is 2.40. The molecule has 0 radical (unpaired) electrons. The minimum absolute atomic E-state index is 0.140. The quantitative estimate of drug-likeness (QED) is 0.511. The predicted molar refractivity (Wildman–Crippen MR) is 117 cm³/mol. The van der Waals surface area contributed by atoms with Gasteiger partial charge in [0.05, 0.1) is 0 Å². The van der Waals surface area contributed by atoms with Crippen LogP contribution in [0.15, 0.2) is 48.5 Å². The van der Waals surface area contributed by atoms with E-state index >= 15 is 0 Å². The second kappa shape index (κ2) is 7.85. The molecule has 1 nitrogen and oxygen atoms in total. The summed E-state index contributed by atoms with van der Waals surface area (Å²) in [7, 11) is 0. The van der Waals surface area contributed by atoms with Crippen LogP contribution in [0, 0.1) is 0 Å².